The van der Waals surface area contributed by atoms with Crippen molar-refractivity contribution in [1.29, 1.82) is 0 Å². The highest BCUT2D eigenvalue weighted by Crippen LogP contribution is 2.22. The highest BCUT2D eigenvalue weighted by atomic mass is 15.1. The number of fused-ring (bicyclic) bond motifs is 1. The van der Waals surface area contributed by atoms with Crippen molar-refractivity contribution in [2.75, 3.05) is 13.1 Å². The normalized spacial score (nSPS) is 20.2. The first-order valence-corrected chi connectivity index (χ1v) is 6.39. The molecule has 1 N–H and O–H groups in total. The lowest BCUT2D eigenvalue weighted by Crippen LogP contribution is -2.15. The number of hydrogen-bond acceptors (Lipinski definition) is 2. The standard InChI is InChI=1S/C14H19N3/c1-10-4-3-5-13-14(10)17(11(2)16-13)9-12-6-7-15-8-12/h3-5,12,15H,6-9H2,1-2H3. The van der Waals surface area contributed by atoms with Crippen molar-refractivity contribution in [1.82, 2.24) is 14.9 Å². The summed E-state index contributed by atoms with van der Waals surface area (Å²) in [6.45, 7) is 7.69. The van der Waals surface area contributed by atoms with E-state index >= 15 is 0 Å². The molecule has 1 atom stereocenters. The minimum Gasteiger partial charge on any atom is -0.328 e. The molecule has 2 aromatic rings. The maximum Gasteiger partial charge on any atom is 0.106 e. The number of aryl methyl sites for hydroxylation is 2. The molecule has 3 rings (SSSR count). The average Bonchev–Trinajstić information content (AvgIpc) is 2.89. The molecule has 0 radical (unpaired) electrons. The number of rotatable bonds is 2. The molecule has 2 heterocycles. The van der Waals surface area contributed by atoms with Crippen LogP contribution < -0.4 is 5.32 Å². The SMILES string of the molecule is Cc1cccc2nc(C)n(CC3CCNC3)c12. The van der Waals surface area contributed by atoms with Gasteiger partial charge < -0.3 is 9.88 Å². The molecule has 3 nitrogen and oxygen atoms in total. The molecular weight excluding hydrogens is 210 g/mol. The number of hydrogen-bond donors (Lipinski definition) is 1. The second-order valence-corrected chi connectivity index (χ2v) is 5.07. The number of benzene rings is 1. The van der Waals surface area contributed by atoms with Gasteiger partial charge in [0.25, 0.3) is 0 Å². The van der Waals surface area contributed by atoms with Crippen molar-refractivity contribution < 1.29 is 0 Å². The van der Waals surface area contributed by atoms with E-state index in [0.29, 0.717) is 0 Å². The van der Waals surface area contributed by atoms with Crippen LogP contribution in [0.3, 0.4) is 0 Å². The zero-order valence-corrected chi connectivity index (χ0v) is 10.5. The molecule has 0 spiro atoms. The lowest BCUT2D eigenvalue weighted by atomic mass is 10.1. The van der Waals surface area contributed by atoms with Crippen LogP contribution in [0.1, 0.15) is 17.8 Å². The van der Waals surface area contributed by atoms with Gasteiger partial charge in [-0.2, -0.15) is 0 Å². The molecule has 0 amide bonds. The summed E-state index contributed by atoms with van der Waals surface area (Å²) in [6, 6.07) is 6.37. The van der Waals surface area contributed by atoms with Gasteiger partial charge in [0.2, 0.25) is 0 Å². The van der Waals surface area contributed by atoms with Gasteiger partial charge >= 0.3 is 0 Å². The Morgan fingerprint density at radius 1 is 1.41 bits per heavy atom. The summed E-state index contributed by atoms with van der Waals surface area (Å²) in [4.78, 5) is 4.66. The third kappa shape index (κ3) is 1.84. The van der Waals surface area contributed by atoms with E-state index in [9.17, 15) is 0 Å². The summed E-state index contributed by atoms with van der Waals surface area (Å²) < 4.78 is 2.39. The van der Waals surface area contributed by atoms with Crippen LogP contribution in [0.2, 0.25) is 0 Å². The van der Waals surface area contributed by atoms with Gasteiger partial charge in [0, 0.05) is 6.54 Å². The molecule has 1 aliphatic heterocycles. The van der Waals surface area contributed by atoms with Gasteiger partial charge in [-0.1, -0.05) is 12.1 Å². The fourth-order valence-corrected chi connectivity index (χ4v) is 2.83. The van der Waals surface area contributed by atoms with E-state index in [1.54, 1.807) is 0 Å². The minimum atomic E-state index is 0.755. The zero-order valence-electron chi connectivity index (χ0n) is 10.5. The molecule has 1 unspecified atom stereocenters. The topological polar surface area (TPSA) is 29.9 Å². The summed E-state index contributed by atoms with van der Waals surface area (Å²) >= 11 is 0. The number of imidazole rings is 1. The Balaban J connectivity index is 2.04. The maximum absolute atomic E-state index is 4.66. The van der Waals surface area contributed by atoms with E-state index in [0.717, 1.165) is 36.9 Å². The van der Waals surface area contributed by atoms with Gasteiger partial charge in [-0.25, -0.2) is 4.98 Å². The first-order valence-electron chi connectivity index (χ1n) is 6.39. The second kappa shape index (κ2) is 4.15. The quantitative estimate of drug-likeness (QED) is 0.856. The van der Waals surface area contributed by atoms with Crippen LogP contribution in [0, 0.1) is 19.8 Å². The van der Waals surface area contributed by atoms with Crippen LogP contribution >= 0.6 is 0 Å². The molecule has 1 aromatic heterocycles. The van der Waals surface area contributed by atoms with Crippen LogP contribution in [0.25, 0.3) is 11.0 Å². The van der Waals surface area contributed by atoms with Crippen LogP contribution in [-0.2, 0) is 6.54 Å². The van der Waals surface area contributed by atoms with E-state index < -0.39 is 0 Å². The Hall–Kier alpha value is -1.35. The van der Waals surface area contributed by atoms with Crippen LogP contribution in [0.5, 0.6) is 0 Å². The third-order valence-electron chi connectivity index (χ3n) is 3.76. The average molecular weight is 229 g/mol. The van der Waals surface area contributed by atoms with Crippen molar-refractivity contribution in [3.8, 4) is 0 Å². The number of para-hydroxylation sites is 1. The van der Waals surface area contributed by atoms with Crippen molar-refractivity contribution in [2.45, 2.75) is 26.8 Å². The molecule has 0 bridgehead atoms. The van der Waals surface area contributed by atoms with E-state index in [4.69, 9.17) is 0 Å². The molecule has 0 aliphatic carbocycles. The number of nitrogens with zero attached hydrogens (tertiary/aromatic N) is 2. The molecule has 3 heteroatoms. The van der Waals surface area contributed by atoms with Gasteiger partial charge in [-0.05, 0) is 50.9 Å². The Morgan fingerprint density at radius 3 is 3.06 bits per heavy atom. The van der Waals surface area contributed by atoms with E-state index in [1.807, 2.05) is 0 Å². The van der Waals surface area contributed by atoms with Gasteiger partial charge in [0.15, 0.2) is 0 Å². The highest BCUT2D eigenvalue weighted by Gasteiger charge is 2.18. The van der Waals surface area contributed by atoms with E-state index in [2.05, 4.69) is 46.9 Å². The third-order valence-corrected chi connectivity index (χ3v) is 3.76. The van der Waals surface area contributed by atoms with Gasteiger partial charge in [-0.3, -0.25) is 0 Å². The predicted molar refractivity (Wildman–Crippen MR) is 70.2 cm³/mol. The second-order valence-electron chi connectivity index (χ2n) is 5.07. The maximum atomic E-state index is 4.66. The molecule has 0 saturated carbocycles. The Labute approximate surface area is 102 Å². The van der Waals surface area contributed by atoms with Crippen molar-refractivity contribution in [3.63, 3.8) is 0 Å². The Bertz CT molecular complexity index is 536. The van der Waals surface area contributed by atoms with E-state index in [-0.39, 0.29) is 0 Å². The molecule has 90 valence electrons. The molecule has 1 saturated heterocycles. The van der Waals surface area contributed by atoms with Crippen molar-refractivity contribution >= 4 is 11.0 Å². The largest absolute Gasteiger partial charge is 0.328 e. The fraction of sp³-hybridized carbons (Fsp3) is 0.500. The number of aromatic nitrogens is 2. The first-order chi connectivity index (χ1) is 8.25. The molecule has 17 heavy (non-hydrogen) atoms. The molecule has 1 aliphatic rings. The molecule has 1 fully saturated rings. The summed E-state index contributed by atoms with van der Waals surface area (Å²) in [5.41, 5.74) is 3.78. The minimum absolute atomic E-state index is 0.755. The van der Waals surface area contributed by atoms with Gasteiger partial charge in [0.05, 0.1) is 11.0 Å². The number of nitrogens with one attached hydrogen (secondary N) is 1. The summed E-state index contributed by atoms with van der Waals surface area (Å²) in [5, 5.41) is 3.43. The van der Waals surface area contributed by atoms with Crippen LogP contribution in [0.4, 0.5) is 0 Å². The highest BCUT2D eigenvalue weighted by molar-refractivity contribution is 5.79. The lowest BCUT2D eigenvalue weighted by Gasteiger charge is -2.13. The summed E-state index contributed by atoms with van der Waals surface area (Å²) in [5.74, 6) is 1.90. The smallest absolute Gasteiger partial charge is 0.106 e. The molecular formula is C14H19N3. The summed E-state index contributed by atoms with van der Waals surface area (Å²) in [7, 11) is 0. The first kappa shape index (κ1) is 10.8. The summed E-state index contributed by atoms with van der Waals surface area (Å²) in [6.07, 6.45) is 1.28. The zero-order chi connectivity index (χ0) is 11.8. The monoisotopic (exact) mass is 229 g/mol. The Morgan fingerprint density at radius 2 is 2.29 bits per heavy atom. The van der Waals surface area contributed by atoms with Crippen LogP contribution in [0.15, 0.2) is 18.2 Å². The van der Waals surface area contributed by atoms with Gasteiger partial charge in [0.1, 0.15) is 5.82 Å². The van der Waals surface area contributed by atoms with Crippen molar-refractivity contribution in [3.05, 3.63) is 29.6 Å². The van der Waals surface area contributed by atoms with Gasteiger partial charge in [-0.15, -0.1) is 0 Å². The predicted octanol–water partition coefficient (Wildman–Crippen LogP) is 2.26. The lowest BCUT2D eigenvalue weighted by molar-refractivity contribution is 0.482. The Kier molecular flexibility index (Phi) is 2.63. The fourth-order valence-electron chi connectivity index (χ4n) is 2.83. The van der Waals surface area contributed by atoms with E-state index in [1.165, 1.54) is 17.5 Å². The van der Waals surface area contributed by atoms with Crippen molar-refractivity contribution in [2.24, 2.45) is 5.92 Å². The van der Waals surface area contributed by atoms with Crippen LogP contribution in [-0.4, -0.2) is 22.6 Å². The molecule has 1 aromatic carbocycles.